The Morgan fingerprint density at radius 1 is 1.20 bits per heavy atom. The minimum atomic E-state index is -2.21. The number of rotatable bonds is 3. The Bertz CT molecular complexity index is 327. The molecule has 1 saturated heterocycles. The van der Waals surface area contributed by atoms with E-state index >= 15 is 0 Å². The zero-order valence-electron chi connectivity index (χ0n) is 7.86. The second-order valence-electron chi connectivity index (χ2n) is 2.99. The van der Waals surface area contributed by atoms with E-state index in [2.05, 4.69) is 0 Å². The summed E-state index contributed by atoms with van der Waals surface area (Å²) in [5.74, 6) is 0. The van der Waals surface area contributed by atoms with E-state index < -0.39 is 31.7 Å². The molecule has 82 valence electrons. The normalized spacial score (nSPS) is 17.5. The van der Waals surface area contributed by atoms with Crippen LogP contribution in [0.4, 0.5) is 8.78 Å². The van der Waals surface area contributed by atoms with E-state index in [-0.39, 0.29) is 0 Å². The summed E-state index contributed by atoms with van der Waals surface area (Å²) in [6.07, 6.45) is -0.440. The first-order valence-electron chi connectivity index (χ1n) is 4.54. The van der Waals surface area contributed by atoms with Crippen molar-refractivity contribution in [2.45, 2.75) is 10.8 Å². The average molecular weight is 328 g/mol. The molecule has 0 saturated carbocycles. The van der Waals surface area contributed by atoms with Gasteiger partial charge in [-0.05, 0) is 0 Å². The first-order valence-corrected chi connectivity index (χ1v) is 7.05. The molecule has 1 aliphatic heterocycles. The summed E-state index contributed by atoms with van der Waals surface area (Å²) < 4.78 is 33.9. The number of halogens is 2. The number of ether oxygens (including phenoxy) is 2. The number of alkyl halides is 2. The summed E-state index contributed by atoms with van der Waals surface area (Å²) in [5, 5.41) is 0. The third-order valence-corrected chi connectivity index (χ3v) is 4.31. The number of hydrogen-bond donors (Lipinski definition) is 0. The summed E-state index contributed by atoms with van der Waals surface area (Å²) in [6, 6.07) is 7.15. The molecule has 5 heteroatoms. The van der Waals surface area contributed by atoms with E-state index in [9.17, 15) is 8.78 Å². The second kappa shape index (κ2) is 5.22. The van der Waals surface area contributed by atoms with Crippen molar-refractivity contribution in [1.82, 2.24) is 0 Å². The van der Waals surface area contributed by atoms with E-state index in [1.54, 1.807) is 18.2 Å². The van der Waals surface area contributed by atoms with Crippen LogP contribution in [0.5, 0.6) is 0 Å². The summed E-state index contributed by atoms with van der Waals surface area (Å²) in [7, 11) is 0. The molecule has 0 bridgehead atoms. The fourth-order valence-corrected chi connectivity index (χ4v) is 3.27. The van der Waals surface area contributed by atoms with Gasteiger partial charge in [0, 0.05) is 0 Å². The Balaban J connectivity index is 2.20. The molecule has 0 aromatic heterocycles. The zero-order chi connectivity index (χ0) is 10.7. The Morgan fingerprint density at radius 3 is 2.53 bits per heavy atom. The monoisotopic (exact) mass is 330 g/mol. The third-order valence-electron chi connectivity index (χ3n) is 2.01. The van der Waals surface area contributed by atoms with Crippen LogP contribution in [0.25, 0.3) is 0 Å². The third kappa shape index (κ3) is 2.88. The van der Waals surface area contributed by atoms with Crippen LogP contribution in [0.1, 0.15) is 11.9 Å². The molecule has 0 atom stereocenters. The van der Waals surface area contributed by atoms with Gasteiger partial charge in [-0.2, -0.15) is 0 Å². The molecule has 0 spiro atoms. The average Bonchev–Trinajstić information content (AvgIpc) is 2.70. The standard InChI is InChI=1S/C10H10F2O2Te/c11-10(12)15-8-4-2-1-3-7(8)9-13-5-6-14-9/h1-4,9-10H,5-6H2. The van der Waals surface area contributed by atoms with Crippen molar-refractivity contribution in [3.05, 3.63) is 29.8 Å². The Hall–Kier alpha value is -0.210. The Morgan fingerprint density at radius 2 is 1.87 bits per heavy atom. The van der Waals surface area contributed by atoms with Gasteiger partial charge < -0.3 is 0 Å². The maximum atomic E-state index is 12.4. The Kier molecular flexibility index (Phi) is 3.92. The Labute approximate surface area is 96.6 Å². The molecule has 1 heterocycles. The van der Waals surface area contributed by atoms with Crippen molar-refractivity contribution in [3.8, 4) is 0 Å². The van der Waals surface area contributed by atoms with Gasteiger partial charge in [-0.15, -0.1) is 0 Å². The second-order valence-corrected chi connectivity index (χ2v) is 5.93. The fraction of sp³-hybridized carbons (Fsp3) is 0.400. The van der Waals surface area contributed by atoms with Gasteiger partial charge >= 0.3 is 96.6 Å². The van der Waals surface area contributed by atoms with Gasteiger partial charge in [0.1, 0.15) is 0 Å². The quantitative estimate of drug-likeness (QED) is 0.779. The van der Waals surface area contributed by atoms with Crippen molar-refractivity contribution >= 4 is 24.5 Å². The van der Waals surface area contributed by atoms with E-state index in [1.807, 2.05) is 6.07 Å². The van der Waals surface area contributed by atoms with Crippen molar-refractivity contribution in [2.75, 3.05) is 13.2 Å². The van der Waals surface area contributed by atoms with E-state index in [0.717, 1.165) is 9.17 Å². The predicted molar refractivity (Wildman–Crippen MR) is 52.5 cm³/mol. The van der Waals surface area contributed by atoms with Crippen LogP contribution in [0, 0.1) is 0 Å². The van der Waals surface area contributed by atoms with Crippen LogP contribution in [-0.2, 0) is 9.47 Å². The molecule has 1 aliphatic rings. The fourth-order valence-electron chi connectivity index (χ4n) is 1.42. The van der Waals surface area contributed by atoms with Gasteiger partial charge in [0.15, 0.2) is 0 Å². The predicted octanol–water partition coefficient (Wildman–Crippen LogP) is 1.28. The van der Waals surface area contributed by atoms with Crippen molar-refractivity contribution in [1.29, 1.82) is 0 Å². The van der Waals surface area contributed by atoms with Gasteiger partial charge in [0.25, 0.3) is 0 Å². The van der Waals surface area contributed by atoms with Crippen molar-refractivity contribution in [3.63, 3.8) is 0 Å². The topological polar surface area (TPSA) is 18.5 Å². The summed E-state index contributed by atoms with van der Waals surface area (Å²) in [5.41, 5.74) is 0.776. The summed E-state index contributed by atoms with van der Waals surface area (Å²) in [4.78, 5) is 0. The van der Waals surface area contributed by atoms with E-state index in [1.165, 1.54) is 0 Å². The first-order chi connectivity index (χ1) is 7.27. The zero-order valence-corrected chi connectivity index (χ0v) is 10.2. The molecular formula is C10H10F2O2Te. The molecule has 0 unspecified atom stereocenters. The van der Waals surface area contributed by atoms with Gasteiger partial charge in [-0.3, -0.25) is 0 Å². The minimum absolute atomic E-state index is 0.440. The molecule has 0 radical (unpaired) electrons. The van der Waals surface area contributed by atoms with Gasteiger partial charge in [0.05, 0.1) is 0 Å². The molecular weight excluding hydrogens is 318 g/mol. The van der Waals surface area contributed by atoms with Crippen LogP contribution in [0.3, 0.4) is 0 Å². The van der Waals surface area contributed by atoms with Gasteiger partial charge in [-0.25, -0.2) is 0 Å². The van der Waals surface area contributed by atoms with Gasteiger partial charge in [0.2, 0.25) is 0 Å². The van der Waals surface area contributed by atoms with Crippen LogP contribution >= 0.6 is 0 Å². The molecule has 0 aliphatic carbocycles. The number of benzene rings is 1. The summed E-state index contributed by atoms with van der Waals surface area (Å²) >= 11 is -1.45. The molecule has 1 aromatic carbocycles. The maximum absolute atomic E-state index is 12.4. The molecule has 0 N–H and O–H groups in total. The van der Waals surface area contributed by atoms with Crippen LogP contribution in [0.2, 0.25) is 0 Å². The van der Waals surface area contributed by atoms with Crippen LogP contribution in [0.15, 0.2) is 24.3 Å². The molecule has 1 aromatic rings. The van der Waals surface area contributed by atoms with Crippen molar-refractivity contribution in [2.24, 2.45) is 0 Å². The SMILES string of the molecule is FC(F)[Te]c1ccccc1C1OCCO1. The van der Waals surface area contributed by atoms with E-state index in [0.29, 0.717) is 13.2 Å². The van der Waals surface area contributed by atoms with E-state index in [4.69, 9.17) is 9.47 Å². The molecule has 2 nitrogen and oxygen atoms in total. The summed E-state index contributed by atoms with van der Waals surface area (Å²) in [6.45, 7) is 1.07. The first kappa shape index (κ1) is 11.3. The molecule has 0 amide bonds. The van der Waals surface area contributed by atoms with Crippen molar-refractivity contribution < 1.29 is 18.3 Å². The van der Waals surface area contributed by atoms with Crippen LogP contribution in [-0.4, -0.2) is 38.6 Å². The molecule has 15 heavy (non-hydrogen) atoms. The van der Waals surface area contributed by atoms with Gasteiger partial charge in [-0.1, -0.05) is 0 Å². The van der Waals surface area contributed by atoms with Crippen LogP contribution < -0.4 is 3.61 Å². The molecule has 1 fully saturated rings. The molecule has 2 rings (SSSR count). The number of hydrogen-bond acceptors (Lipinski definition) is 2.